The van der Waals surface area contributed by atoms with Crippen LogP contribution in [0, 0.1) is 5.92 Å². The van der Waals surface area contributed by atoms with E-state index in [1.165, 1.54) is 12.8 Å². The summed E-state index contributed by atoms with van der Waals surface area (Å²) in [6, 6.07) is 10.2. The van der Waals surface area contributed by atoms with Gasteiger partial charge in [0, 0.05) is 23.8 Å². The zero-order valence-corrected chi connectivity index (χ0v) is 10.3. The van der Waals surface area contributed by atoms with E-state index in [0.717, 1.165) is 29.1 Å². The van der Waals surface area contributed by atoms with E-state index in [2.05, 4.69) is 16.4 Å². The Hall–Kier alpha value is -1.28. The molecule has 1 aliphatic carbocycles. The van der Waals surface area contributed by atoms with Crippen molar-refractivity contribution in [3.05, 3.63) is 36.5 Å². The molecule has 1 aromatic carbocycles. The predicted molar refractivity (Wildman–Crippen MR) is 72.6 cm³/mol. The third-order valence-corrected chi connectivity index (χ3v) is 3.78. The Labute approximate surface area is 106 Å². The zero-order valence-electron chi connectivity index (χ0n) is 9.57. The van der Waals surface area contributed by atoms with Crippen LogP contribution in [0.5, 0.6) is 0 Å². The van der Waals surface area contributed by atoms with Crippen molar-refractivity contribution in [1.82, 2.24) is 4.98 Å². The van der Waals surface area contributed by atoms with E-state index >= 15 is 0 Å². The lowest BCUT2D eigenvalue weighted by Crippen LogP contribution is -2.16. The number of benzene rings is 1. The average molecular weight is 247 g/mol. The van der Waals surface area contributed by atoms with Crippen molar-refractivity contribution in [2.75, 3.05) is 11.9 Å². The number of fused-ring (bicyclic) bond motifs is 1. The average Bonchev–Trinajstić information content (AvgIpc) is 3.20. The van der Waals surface area contributed by atoms with Crippen LogP contribution >= 0.6 is 11.6 Å². The summed E-state index contributed by atoms with van der Waals surface area (Å²) in [5, 5.41) is 4.85. The predicted octanol–water partition coefficient (Wildman–Crippen LogP) is 3.66. The van der Waals surface area contributed by atoms with Crippen molar-refractivity contribution in [3.63, 3.8) is 0 Å². The minimum Gasteiger partial charge on any atom is -0.383 e. The number of aromatic nitrogens is 1. The van der Waals surface area contributed by atoms with Crippen LogP contribution in [0.4, 0.5) is 5.69 Å². The molecule has 1 fully saturated rings. The lowest BCUT2D eigenvalue weighted by atomic mass is 10.2. The molecule has 3 rings (SSSR count). The summed E-state index contributed by atoms with van der Waals surface area (Å²) >= 11 is 6.30. The SMILES string of the molecule is ClC(CNc1ccnc2ccccc12)C1CC1. The molecule has 2 aromatic rings. The number of rotatable bonds is 4. The topological polar surface area (TPSA) is 24.9 Å². The van der Waals surface area contributed by atoms with Crippen LogP contribution in [-0.4, -0.2) is 16.9 Å². The van der Waals surface area contributed by atoms with Crippen LogP contribution in [0.3, 0.4) is 0 Å². The van der Waals surface area contributed by atoms with Gasteiger partial charge in [-0.25, -0.2) is 0 Å². The van der Waals surface area contributed by atoms with Crippen molar-refractivity contribution in [1.29, 1.82) is 0 Å². The number of anilines is 1. The maximum Gasteiger partial charge on any atom is 0.0722 e. The quantitative estimate of drug-likeness (QED) is 0.833. The molecule has 1 saturated carbocycles. The first kappa shape index (κ1) is 10.8. The van der Waals surface area contributed by atoms with Gasteiger partial charge in [-0.1, -0.05) is 18.2 Å². The molecule has 0 spiro atoms. The normalized spacial score (nSPS) is 17.0. The van der Waals surface area contributed by atoms with Gasteiger partial charge in [0.25, 0.3) is 0 Å². The minimum atomic E-state index is 0.252. The third-order valence-electron chi connectivity index (χ3n) is 3.27. The second kappa shape index (κ2) is 4.53. The number of para-hydroxylation sites is 1. The maximum absolute atomic E-state index is 6.30. The highest BCUT2D eigenvalue weighted by Crippen LogP contribution is 2.35. The van der Waals surface area contributed by atoms with Crippen LogP contribution in [0.25, 0.3) is 10.9 Å². The van der Waals surface area contributed by atoms with Crippen molar-refractivity contribution in [3.8, 4) is 0 Å². The Morgan fingerprint density at radius 2 is 2.12 bits per heavy atom. The Kier molecular flexibility index (Phi) is 2.89. The Balaban J connectivity index is 1.79. The van der Waals surface area contributed by atoms with E-state index in [9.17, 15) is 0 Å². The van der Waals surface area contributed by atoms with E-state index in [0.29, 0.717) is 0 Å². The molecule has 0 radical (unpaired) electrons. The highest BCUT2D eigenvalue weighted by atomic mass is 35.5. The Morgan fingerprint density at radius 3 is 2.94 bits per heavy atom. The van der Waals surface area contributed by atoms with Crippen molar-refractivity contribution in [2.24, 2.45) is 5.92 Å². The largest absolute Gasteiger partial charge is 0.383 e. The molecule has 3 heteroatoms. The monoisotopic (exact) mass is 246 g/mol. The van der Waals surface area contributed by atoms with Gasteiger partial charge in [0.2, 0.25) is 0 Å². The first-order valence-corrected chi connectivity index (χ1v) is 6.50. The lowest BCUT2D eigenvalue weighted by molar-refractivity contribution is 0.771. The molecule has 17 heavy (non-hydrogen) atoms. The summed E-state index contributed by atoms with van der Waals surface area (Å²) in [4.78, 5) is 4.34. The fourth-order valence-corrected chi connectivity index (χ4v) is 2.41. The molecule has 1 N–H and O–H groups in total. The molecule has 0 amide bonds. The second-order valence-electron chi connectivity index (χ2n) is 4.61. The fourth-order valence-electron chi connectivity index (χ4n) is 2.08. The van der Waals surface area contributed by atoms with Gasteiger partial charge in [-0.3, -0.25) is 4.98 Å². The molecule has 0 aliphatic heterocycles. The van der Waals surface area contributed by atoms with Gasteiger partial charge in [0.05, 0.1) is 10.9 Å². The van der Waals surface area contributed by atoms with E-state index in [4.69, 9.17) is 11.6 Å². The van der Waals surface area contributed by atoms with Gasteiger partial charge in [-0.2, -0.15) is 0 Å². The van der Waals surface area contributed by atoms with Gasteiger partial charge in [-0.05, 0) is 30.9 Å². The number of pyridine rings is 1. The molecule has 0 bridgehead atoms. The smallest absolute Gasteiger partial charge is 0.0722 e. The maximum atomic E-state index is 6.30. The van der Waals surface area contributed by atoms with Crippen molar-refractivity contribution in [2.45, 2.75) is 18.2 Å². The Morgan fingerprint density at radius 1 is 1.29 bits per heavy atom. The molecule has 2 nitrogen and oxygen atoms in total. The molecule has 1 aromatic heterocycles. The summed E-state index contributed by atoms with van der Waals surface area (Å²) in [5.74, 6) is 0.720. The molecular weight excluding hydrogens is 232 g/mol. The van der Waals surface area contributed by atoms with E-state index in [1.54, 1.807) is 0 Å². The highest BCUT2D eigenvalue weighted by Gasteiger charge is 2.29. The van der Waals surface area contributed by atoms with Crippen molar-refractivity contribution < 1.29 is 0 Å². The molecule has 1 unspecified atom stereocenters. The molecular formula is C14H15ClN2. The van der Waals surface area contributed by atoms with Crippen LogP contribution in [0.1, 0.15) is 12.8 Å². The van der Waals surface area contributed by atoms with Crippen LogP contribution in [-0.2, 0) is 0 Å². The van der Waals surface area contributed by atoms with Gasteiger partial charge < -0.3 is 5.32 Å². The third kappa shape index (κ3) is 2.37. The number of nitrogens with zero attached hydrogens (tertiary/aromatic N) is 1. The van der Waals surface area contributed by atoms with E-state index in [-0.39, 0.29) is 5.38 Å². The molecule has 88 valence electrons. The number of hydrogen-bond acceptors (Lipinski definition) is 2. The van der Waals surface area contributed by atoms with Crippen LogP contribution in [0.15, 0.2) is 36.5 Å². The van der Waals surface area contributed by atoms with Gasteiger partial charge >= 0.3 is 0 Å². The number of hydrogen-bond donors (Lipinski definition) is 1. The van der Waals surface area contributed by atoms with Gasteiger partial charge in [0.1, 0.15) is 0 Å². The summed E-state index contributed by atoms with van der Waals surface area (Å²) in [7, 11) is 0. The number of halogens is 1. The summed E-state index contributed by atoms with van der Waals surface area (Å²) in [5.41, 5.74) is 2.15. The zero-order chi connectivity index (χ0) is 11.7. The standard InChI is InChI=1S/C14H15ClN2/c15-12(10-5-6-10)9-17-14-7-8-16-13-4-2-1-3-11(13)14/h1-4,7-8,10,12H,5-6,9H2,(H,16,17). The van der Waals surface area contributed by atoms with Crippen molar-refractivity contribution >= 4 is 28.2 Å². The fraction of sp³-hybridized carbons (Fsp3) is 0.357. The first-order valence-electron chi connectivity index (χ1n) is 6.06. The number of alkyl halides is 1. The summed E-state index contributed by atoms with van der Waals surface area (Å²) < 4.78 is 0. The van der Waals surface area contributed by atoms with Crippen LogP contribution < -0.4 is 5.32 Å². The number of nitrogens with one attached hydrogen (secondary N) is 1. The van der Waals surface area contributed by atoms with Gasteiger partial charge in [0.15, 0.2) is 0 Å². The van der Waals surface area contributed by atoms with E-state index < -0.39 is 0 Å². The molecule has 0 saturated heterocycles. The lowest BCUT2D eigenvalue weighted by Gasteiger charge is -2.12. The highest BCUT2D eigenvalue weighted by molar-refractivity contribution is 6.21. The second-order valence-corrected chi connectivity index (χ2v) is 5.17. The minimum absolute atomic E-state index is 0.252. The van der Waals surface area contributed by atoms with E-state index in [1.807, 2.05) is 30.5 Å². The molecule has 1 atom stereocenters. The summed E-state index contributed by atoms with van der Waals surface area (Å²) in [6.07, 6.45) is 4.41. The first-order chi connectivity index (χ1) is 8.34. The van der Waals surface area contributed by atoms with Gasteiger partial charge in [-0.15, -0.1) is 11.6 Å². The Bertz CT molecular complexity index is 517. The molecule has 1 heterocycles. The molecule has 1 aliphatic rings. The van der Waals surface area contributed by atoms with Crippen LogP contribution in [0.2, 0.25) is 0 Å². The summed E-state index contributed by atoms with van der Waals surface area (Å²) in [6.45, 7) is 0.834.